The molecule has 1 unspecified atom stereocenters. The average molecular weight is 173 g/mol. The van der Waals surface area contributed by atoms with Gasteiger partial charge in [0, 0.05) is 14.1 Å². The van der Waals surface area contributed by atoms with Crippen molar-refractivity contribution in [3.8, 4) is 0 Å². The van der Waals surface area contributed by atoms with Gasteiger partial charge in [0.1, 0.15) is 0 Å². The first-order valence-electron chi connectivity index (χ1n) is 3.33. The molecule has 0 aromatic carbocycles. The smallest absolute Gasteiger partial charge is 0.231 e. The second kappa shape index (κ2) is 2.75. The molecule has 0 bridgehead atoms. The highest BCUT2D eigenvalue weighted by atomic mass is 32.1. The summed E-state index contributed by atoms with van der Waals surface area (Å²) in [5.41, 5.74) is 5.61. The number of carbonyl (C=O) groups excluding carboxylic acids is 1. The van der Waals surface area contributed by atoms with Crippen molar-refractivity contribution >= 4 is 23.2 Å². The fourth-order valence-corrected chi connectivity index (χ4v) is 1.18. The van der Waals surface area contributed by atoms with Crippen molar-refractivity contribution < 1.29 is 4.79 Å². The van der Waals surface area contributed by atoms with Gasteiger partial charge < -0.3 is 10.6 Å². The number of rotatable bonds is 0. The van der Waals surface area contributed by atoms with Crippen molar-refractivity contribution in [3.63, 3.8) is 0 Å². The Morgan fingerprint density at radius 1 is 1.64 bits per heavy atom. The second-order valence-corrected chi connectivity index (χ2v) is 2.98. The summed E-state index contributed by atoms with van der Waals surface area (Å²) >= 11 is 4.96. The van der Waals surface area contributed by atoms with Gasteiger partial charge >= 0.3 is 0 Å². The van der Waals surface area contributed by atoms with Crippen LogP contribution in [-0.4, -0.2) is 41.1 Å². The van der Waals surface area contributed by atoms with Crippen LogP contribution in [0.5, 0.6) is 0 Å². The molecule has 1 rings (SSSR count). The van der Waals surface area contributed by atoms with Gasteiger partial charge in [-0.1, -0.05) is 0 Å². The molecule has 0 aromatic rings. The summed E-state index contributed by atoms with van der Waals surface area (Å²) in [6, 6.07) is 0. The maximum absolute atomic E-state index is 11.1. The van der Waals surface area contributed by atoms with Crippen LogP contribution in [0.15, 0.2) is 0 Å². The number of hydrogen-bond donors (Lipinski definition) is 1. The number of nitrogens with two attached hydrogens (primary N) is 1. The SMILES string of the molecule is CN1C(=O)CC(N)N(C)C1=S. The number of nitrogens with zero attached hydrogens (tertiary/aromatic N) is 2. The Balaban J connectivity index is 2.79. The van der Waals surface area contributed by atoms with Crippen LogP contribution in [0.3, 0.4) is 0 Å². The molecule has 0 saturated carbocycles. The molecule has 1 atom stereocenters. The maximum atomic E-state index is 11.1. The standard InChI is InChI=1S/C6H11N3OS/c1-8-4(7)3-5(10)9(2)6(8)11/h4H,3,7H2,1-2H3. The van der Waals surface area contributed by atoms with Crippen LogP contribution in [-0.2, 0) is 4.79 Å². The first-order valence-corrected chi connectivity index (χ1v) is 3.74. The summed E-state index contributed by atoms with van der Waals surface area (Å²) in [4.78, 5) is 14.3. The highest BCUT2D eigenvalue weighted by Crippen LogP contribution is 2.09. The molecule has 11 heavy (non-hydrogen) atoms. The average Bonchev–Trinajstić information content (AvgIpc) is 1.97. The van der Waals surface area contributed by atoms with Gasteiger partial charge in [0.25, 0.3) is 0 Å². The summed E-state index contributed by atoms with van der Waals surface area (Å²) in [5, 5.41) is 0.494. The van der Waals surface area contributed by atoms with E-state index in [2.05, 4.69) is 0 Å². The van der Waals surface area contributed by atoms with Gasteiger partial charge in [-0.2, -0.15) is 0 Å². The summed E-state index contributed by atoms with van der Waals surface area (Å²) in [5.74, 6) is -0.0133. The minimum absolute atomic E-state index is 0.0133. The lowest BCUT2D eigenvalue weighted by Gasteiger charge is -2.36. The van der Waals surface area contributed by atoms with Crippen LogP contribution in [0.1, 0.15) is 6.42 Å². The minimum Gasteiger partial charge on any atom is -0.336 e. The number of amides is 1. The fourth-order valence-electron chi connectivity index (χ4n) is 0.938. The van der Waals surface area contributed by atoms with E-state index in [0.29, 0.717) is 11.5 Å². The Hall–Kier alpha value is -0.680. The number of carbonyl (C=O) groups is 1. The molecule has 5 heteroatoms. The maximum Gasteiger partial charge on any atom is 0.231 e. The first-order chi connectivity index (χ1) is 5.04. The third-order valence-electron chi connectivity index (χ3n) is 1.84. The Labute approximate surface area is 70.9 Å². The van der Waals surface area contributed by atoms with Crippen molar-refractivity contribution in [3.05, 3.63) is 0 Å². The van der Waals surface area contributed by atoms with Crippen LogP contribution < -0.4 is 5.73 Å². The lowest BCUT2D eigenvalue weighted by Crippen LogP contribution is -2.56. The van der Waals surface area contributed by atoms with E-state index in [1.165, 1.54) is 4.90 Å². The van der Waals surface area contributed by atoms with Gasteiger partial charge in [-0.15, -0.1) is 0 Å². The van der Waals surface area contributed by atoms with Gasteiger partial charge in [-0.05, 0) is 12.2 Å². The van der Waals surface area contributed by atoms with E-state index in [0.717, 1.165) is 0 Å². The highest BCUT2D eigenvalue weighted by Gasteiger charge is 2.28. The lowest BCUT2D eigenvalue weighted by molar-refractivity contribution is -0.129. The Morgan fingerprint density at radius 3 is 2.73 bits per heavy atom. The largest absolute Gasteiger partial charge is 0.336 e. The fraction of sp³-hybridized carbons (Fsp3) is 0.667. The zero-order chi connectivity index (χ0) is 8.59. The quantitative estimate of drug-likeness (QED) is 0.495. The first kappa shape index (κ1) is 8.42. The van der Waals surface area contributed by atoms with Crippen LogP contribution in [0.2, 0.25) is 0 Å². The van der Waals surface area contributed by atoms with Crippen LogP contribution >= 0.6 is 12.2 Å². The molecule has 1 heterocycles. The van der Waals surface area contributed by atoms with Crippen LogP contribution in [0.4, 0.5) is 0 Å². The molecule has 0 radical (unpaired) electrons. The number of thiocarbonyl (C=S) groups is 1. The topological polar surface area (TPSA) is 49.6 Å². The van der Waals surface area contributed by atoms with Crippen molar-refractivity contribution in [2.45, 2.75) is 12.6 Å². The van der Waals surface area contributed by atoms with E-state index in [1.807, 2.05) is 0 Å². The summed E-state index contributed by atoms with van der Waals surface area (Å²) < 4.78 is 0. The molecule has 1 aliphatic rings. The summed E-state index contributed by atoms with van der Waals surface area (Å²) in [7, 11) is 3.45. The van der Waals surface area contributed by atoms with E-state index < -0.39 is 0 Å². The molecule has 1 amide bonds. The molecule has 1 fully saturated rings. The van der Waals surface area contributed by atoms with Gasteiger partial charge in [-0.3, -0.25) is 9.69 Å². The molecule has 4 nitrogen and oxygen atoms in total. The van der Waals surface area contributed by atoms with Gasteiger partial charge in [-0.25, -0.2) is 0 Å². The lowest BCUT2D eigenvalue weighted by atomic mass is 10.2. The Kier molecular flexibility index (Phi) is 2.10. The van der Waals surface area contributed by atoms with Crippen molar-refractivity contribution in [2.24, 2.45) is 5.73 Å². The zero-order valence-corrected chi connectivity index (χ0v) is 7.39. The zero-order valence-electron chi connectivity index (χ0n) is 6.57. The Morgan fingerprint density at radius 2 is 2.18 bits per heavy atom. The summed E-state index contributed by atoms with van der Waals surface area (Å²) in [6.07, 6.45) is 0.0823. The normalized spacial score (nSPS) is 26.3. The van der Waals surface area contributed by atoms with Crippen LogP contribution in [0.25, 0.3) is 0 Å². The van der Waals surface area contributed by atoms with E-state index in [9.17, 15) is 4.79 Å². The molecule has 0 spiro atoms. The number of hydrogen-bond acceptors (Lipinski definition) is 3. The third kappa shape index (κ3) is 1.34. The monoisotopic (exact) mass is 173 g/mol. The molecule has 2 N–H and O–H groups in total. The Bertz CT molecular complexity index is 206. The van der Waals surface area contributed by atoms with E-state index >= 15 is 0 Å². The highest BCUT2D eigenvalue weighted by molar-refractivity contribution is 7.80. The molecule has 0 aliphatic carbocycles. The minimum atomic E-state index is -0.258. The van der Waals surface area contributed by atoms with Gasteiger partial charge in [0.15, 0.2) is 5.11 Å². The predicted molar refractivity (Wildman–Crippen MR) is 45.7 cm³/mol. The van der Waals surface area contributed by atoms with Crippen molar-refractivity contribution in [1.29, 1.82) is 0 Å². The van der Waals surface area contributed by atoms with E-state index in [1.54, 1.807) is 19.0 Å². The summed E-state index contributed by atoms with van der Waals surface area (Å²) in [6.45, 7) is 0. The molecular formula is C6H11N3OS. The molecule has 0 aromatic heterocycles. The molecular weight excluding hydrogens is 162 g/mol. The van der Waals surface area contributed by atoms with Crippen molar-refractivity contribution in [1.82, 2.24) is 9.80 Å². The van der Waals surface area contributed by atoms with Gasteiger partial charge in [0.05, 0.1) is 12.6 Å². The molecule has 1 saturated heterocycles. The van der Waals surface area contributed by atoms with E-state index in [-0.39, 0.29) is 12.1 Å². The second-order valence-electron chi connectivity index (χ2n) is 2.62. The van der Waals surface area contributed by atoms with Crippen LogP contribution in [0, 0.1) is 0 Å². The molecule has 1 aliphatic heterocycles. The third-order valence-corrected chi connectivity index (χ3v) is 2.41. The predicted octanol–water partition coefficient (Wildman–Crippen LogP) is -0.650. The van der Waals surface area contributed by atoms with Crippen molar-refractivity contribution in [2.75, 3.05) is 14.1 Å². The molecule has 62 valence electrons. The van der Waals surface area contributed by atoms with E-state index in [4.69, 9.17) is 18.0 Å². The van der Waals surface area contributed by atoms with Gasteiger partial charge in [0.2, 0.25) is 5.91 Å².